The SMILES string of the molecule is N#Cc1ccc(N(CC2CCCCC2)C2CCN(C(=O)c3ccc(O)cc3)C2)cc1Cl. The Labute approximate surface area is 188 Å². The largest absolute Gasteiger partial charge is 0.508 e. The molecule has 1 unspecified atom stereocenters. The van der Waals surface area contributed by atoms with Crippen LogP contribution >= 0.6 is 11.6 Å². The van der Waals surface area contributed by atoms with Crippen molar-refractivity contribution in [1.29, 1.82) is 5.26 Å². The summed E-state index contributed by atoms with van der Waals surface area (Å²) in [6.45, 7) is 2.31. The van der Waals surface area contributed by atoms with Crippen LogP contribution in [0.15, 0.2) is 42.5 Å². The molecular formula is C25H28ClN3O2. The molecule has 1 heterocycles. The number of aromatic hydroxyl groups is 1. The van der Waals surface area contributed by atoms with Crippen LogP contribution in [0.2, 0.25) is 5.02 Å². The van der Waals surface area contributed by atoms with Crippen molar-refractivity contribution in [2.24, 2.45) is 5.92 Å². The van der Waals surface area contributed by atoms with Gasteiger partial charge in [-0.3, -0.25) is 4.79 Å². The highest BCUT2D eigenvalue weighted by molar-refractivity contribution is 6.32. The molecule has 0 aromatic heterocycles. The number of nitriles is 1. The second-order valence-corrected chi connectivity index (χ2v) is 9.08. The molecule has 1 aliphatic carbocycles. The van der Waals surface area contributed by atoms with Gasteiger partial charge in [0.2, 0.25) is 0 Å². The van der Waals surface area contributed by atoms with Crippen molar-refractivity contribution < 1.29 is 9.90 Å². The lowest BCUT2D eigenvalue weighted by Crippen LogP contribution is -2.42. The average Bonchev–Trinajstić information content (AvgIpc) is 3.28. The minimum absolute atomic E-state index is 0.00187. The maximum Gasteiger partial charge on any atom is 0.253 e. The second-order valence-electron chi connectivity index (χ2n) is 8.67. The number of hydrogen-bond donors (Lipinski definition) is 1. The lowest BCUT2D eigenvalue weighted by molar-refractivity contribution is 0.0790. The average molecular weight is 438 g/mol. The Morgan fingerprint density at radius 3 is 2.55 bits per heavy atom. The molecule has 31 heavy (non-hydrogen) atoms. The molecular weight excluding hydrogens is 410 g/mol. The first-order valence-corrected chi connectivity index (χ1v) is 11.5. The van der Waals surface area contributed by atoms with Crippen LogP contribution in [0, 0.1) is 17.2 Å². The normalized spacial score (nSPS) is 19.2. The van der Waals surface area contributed by atoms with Crippen LogP contribution in [0.3, 0.4) is 0 Å². The monoisotopic (exact) mass is 437 g/mol. The van der Waals surface area contributed by atoms with Crippen molar-refractivity contribution in [2.45, 2.75) is 44.6 Å². The minimum atomic E-state index is -0.00187. The number of anilines is 1. The standard InChI is InChI=1S/C25H28ClN3O2/c26-24-14-21(9-6-20(24)15-27)29(16-18-4-2-1-3-5-18)22-12-13-28(17-22)25(31)19-7-10-23(30)11-8-19/h6-11,14,18,22,30H,1-5,12-13,16-17H2. The van der Waals surface area contributed by atoms with Crippen molar-refractivity contribution >= 4 is 23.2 Å². The van der Waals surface area contributed by atoms with Gasteiger partial charge in [0, 0.05) is 36.9 Å². The van der Waals surface area contributed by atoms with E-state index < -0.39 is 0 Å². The highest BCUT2D eigenvalue weighted by atomic mass is 35.5. The zero-order chi connectivity index (χ0) is 21.8. The van der Waals surface area contributed by atoms with Gasteiger partial charge in [-0.15, -0.1) is 0 Å². The fourth-order valence-electron chi connectivity index (χ4n) is 4.85. The number of benzene rings is 2. The van der Waals surface area contributed by atoms with Gasteiger partial charge in [0.05, 0.1) is 10.6 Å². The maximum absolute atomic E-state index is 13.0. The quantitative estimate of drug-likeness (QED) is 0.696. The van der Waals surface area contributed by atoms with Crippen molar-refractivity contribution in [3.63, 3.8) is 0 Å². The van der Waals surface area contributed by atoms with Crippen LogP contribution in [-0.4, -0.2) is 41.6 Å². The van der Waals surface area contributed by atoms with E-state index in [2.05, 4.69) is 11.0 Å². The summed E-state index contributed by atoms with van der Waals surface area (Å²) in [4.78, 5) is 17.3. The van der Waals surface area contributed by atoms with Gasteiger partial charge in [-0.1, -0.05) is 30.9 Å². The fourth-order valence-corrected chi connectivity index (χ4v) is 5.07. The third-order valence-corrected chi connectivity index (χ3v) is 6.90. The summed E-state index contributed by atoms with van der Waals surface area (Å²) in [7, 11) is 0. The number of carbonyl (C=O) groups is 1. The van der Waals surface area contributed by atoms with Crippen molar-refractivity contribution in [2.75, 3.05) is 24.5 Å². The zero-order valence-electron chi connectivity index (χ0n) is 17.6. The Morgan fingerprint density at radius 1 is 1.13 bits per heavy atom. The maximum atomic E-state index is 13.0. The zero-order valence-corrected chi connectivity index (χ0v) is 18.4. The van der Waals surface area contributed by atoms with E-state index >= 15 is 0 Å². The first-order valence-electron chi connectivity index (χ1n) is 11.1. The molecule has 2 fully saturated rings. The van der Waals surface area contributed by atoms with Crippen LogP contribution < -0.4 is 4.90 Å². The fraction of sp³-hybridized carbons (Fsp3) is 0.440. The first-order chi connectivity index (χ1) is 15.0. The summed E-state index contributed by atoms with van der Waals surface area (Å²) in [6, 6.07) is 14.5. The molecule has 1 amide bonds. The molecule has 4 rings (SSSR count). The number of phenols is 1. The topological polar surface area (TPSA) is 67.6 Å². The molecule has 5 nitrogen and oxygen atoms in total. The van der Waals surface area contributed by atoms with E-state index in [1.165, 1.54) is 32.1 Å². The molecule has 2 aromatic rings. The smallest absolute Gasteiger partial charge is 0.253 e. The second kappa shape index (κ2) is 9.62. The van der Waals surface area contributed by atoms with Crippen LogP contribution in [0.25, 0.3) is 0 Å². The predicted molar refractivity (Wildman–Crippen MR) is 123 cm³/mol. The van der Waals surface area contributed by atoms with Crippen LogP contribution in [0.1, 0.15) is 54.4 Å². The van der Waals surface area contributed by atoms with Gasteiger partial charge in [-0.25, -0.2) is 0 Å². The Hall–Kier alpha value is -2.71. The molecule has 1 aliphatic heterocycles. The summed E-state index contributed by atoms with van der Waals surface area (Å²) >= 11 is 6.36. The van der Waals surface area contributed by atoms with Gasteiger partial charge in [0.1, 0.15) is 11.8 Å². The van der Waals surface area contributed by atoms with Crippen LogP contribution in [0.4, 0.5) is 5.69 Å². The van der Waals surface area contributed by atoms with E-state index in [1.54, 1.807) is 30.3 Å². The number of halogens is 1. The minimum Gasteiger partial charge on any atom is -0.508 e. The van der Waals surface area contributed by atoms with Gasteiger partial charge in [0.25, 0.3) is 5.91 Å². The number of carbonyl (C=O) groups excluding carboxylic acids is 1. The van der Waals surface area contributed by atoms with Crippen molar-refractivity contribution in [1.82, 2.24) is 4.90 Å². The number of nitrogens with zero attached hydrogens (tertiary/aromatic N) is 3. The van der Waals surface area contributed by atoms with Gasteiger partial charge in [-0.2, -0.15) is 5.26 Å². The highest BCUT2D eigenvalue weighted by Gasteiger charge is 2.32. The molecule has 0 bridgehead atoms. The Morgan fingerprint density at radius 2 is 1.87 bits per heavy atom. The molecule has 2 aromatic carbocycles. The first kappa shape index (κ1) is 21.5. The van der Waals surface area contributed by atoms with Gasteiger partial charge in [-0.05, 0) is 67.6 Å². The Kier molecular flexibility index (Phi) is 6.67. The molecule has 1 N–H and O–H groups in total. The van der Waals surface area contributed by atoms with Crippen molar-refractivity contribution in [3.8, 4) is 11.8 Å². The van der Waals surface area contributed by atoms with E-state index in [4.69, 9.17) is 11.6 Å². The summed E-state index contributed by atoms with van der Waals surface area (Å²) in [5, 5.41) is 19.2. The third kappa shape index (κ3) is 4.97. The lowest BCUT2D eigenvalue weighted by Gasteiger charge is -2.36. The molecule has 0 radical (unpaired) electrons. The number of likely N-dealkylation sites (tertiary alicyclic amines) is 1. The van der Waals surface area contributed by atoms with E-state index in [-0.39, 0.29) is 17.7 Å². The van der Waals surface area contributed by atoms with Crippen LogP contribution in [0.5, 0.6) is 5.75 Å². The van der Waals surface area contributed by atoms with Gasteiger partial charge < -0.3 is 14.9 Å². The number of rotatable bonds is 5. The van der Waals surface area contributed by atoms with Gasteiger partial charge >= 0.3 is 0 Å². The Balaban J connectivity index is 1.53. The number of hydrogen-bond acceptors (Lipinski definition) is 4. The molecule has 1 saturated carbocycles. The van der Waals surface area contributed by atoms with E-state index in [0.29, 0.717) is 35.2 Å². The Bertz CT molecular complexity index is 964. The summed E-state index contributed by atoms with van der Waals surface area (Å²) < 4.78 is 0. The summed E-state index contributed by atoms with van der Waals surface area (Å²) in [5.41, 5.74) is 2.11. The number of amides is 1. The summed E-state index contributed by atoms with van der Waals surface area (Å²) in [6.07, 6.45) is 7.25. The van der Waals surface area contributed by atoms with Crippen molar-refractivity contribution in [3.05, 3.63) is 58.6 Å². The molecule has 1 saturated heterocycles. The van der Waals surface area contributed by atoms with Crippen LogP contribution in [-0.2, 0) is 0 Å². The van der Waals surface area contributed by atoms with E-state index in [9.17, 15) is 15.2 Å². The third-order valence-electron chi connectivity index (χ3n) is 6.59. The van der Waals surface area contributed by atoms with E-state index in [1.807, 2.05) is 17.0 Å². The molecule has 6 heteroatoms. The van der Waals surface area contributed by atoms with E-state index in [0.717, 1.165) is 18.7 Å². The number of phenolic OH excluding ortho intramolecular Hbond substituents is 1. The predicted octanol–water partition coefficient (Wildman–Crippen LogP) is 5.22. The molecule has 162 valence electrons. The highest BCUT2D eigenvalue weighted by Crippen LogP contribution is 2.32. The lowest BCUT2D eigenvalue weighted by atomic mass is 9.88. The molecule has 0 spiro atoms. The van der Waals surface area contributed by atoms with Gasteiger partial charge in [0.15, 0.2) is 0 Å². The molecule has 2 aliphatic rings. The summed E-state index contributed by atoms with van der Waals surface area (Å²) in [5.74, 6) is 0.801. The molecule has 1 atom stereocenters.